The second-order valence-corrected chi connectivity index (χ2v) is 17.9. The fourth-order valence-corrected chi connectivity index (χ4v) is 7.80. The van der Waals surface area contributed by atoms with Gasteiger partial charge in [0, 0.05) is 36.4 Å². The lowest BCUT2D eigenvalue weighted by Gasteiger charge is -2.22. The van der Waals surface area contributed by atoms with Crippen molar-refractivity contribution in [2.24, 2.45) is 0 Å². The second kappa shape index (κ2) is 43.1. The van der Waals surface area contributed by atoms with Crippen LogP contribution in [-0.2, 0) is 34.7 Å². The number of carbonyl (C=O) groups excluding carboxylic acids is 3. The van der Waals surface area contributed by atoms with Gasteiger partial charge >= 0.3 is 11.9 Å². The van der Waals surface area contributed by atoms with Crippen molar-refractivity contribution < 1.29 is 28.1 Å². The number of nitrogens with one attached hydrogen (secondary N) is 1. The molecule has 1 amide bonds. The van der Waals surface area contributed by atoms with E-state index in [1.807, 2.05) is 0 Å². The molecular formula is C47H92N2O6S. The van der Waals surface area contributed by atoms with Gasteiger partial charge in [0.25, 0.3) is 0 Å². The van der Waals surface area contributed by atoms with Crippen LogP contribution >= 0.6 is 0 Å². The number of unbranched alkanes of at least 4 members (excludes halogenated alkanes) is 23. The van der Waals surface area contributed by atoms with Crippen LogP contribution in [0.4, 0.5) is 0 Å². The van der Waals surface area contributed by atoms with Crippen LogP contribution < -0.4 is 5.32 Å². The zero-order valence-corrected chi connectivity index (χ0v) is 38.3. The highest BCUT2D eigenvalue weighted by molar-refractivity contribution is 7.85. The van der Waals surface area contributed by atoms with Crippen LogP contribution in [0.3, 0.4) is 0 Å². The van der Waals surface area contributed by atoms with E-state index in [-0.39, 0.29) is 29.7 Å². The van der Waals surface area contributed by atoms with Crippen LogP contribution in [-0.4, -0.2) is 77.9 Å². The molecule has 2 atom stereocenters. The van der Waals surface area contributed by atoms with Crippen LogP contribution in [0.5, 0.6) is 0 Å². The SMILES string of the molecule is CCCCCCCCCOC(=O)CCCCCCCN(CCCCCCCC(=O)OC(CCCCCCC)CCCCCCCC)CCCNC(=O)CS(C)=O. The molecule has 0 spiro atoms. The van der Waals surface area contributed by atoms with Crippen molar-refractivity contribution in [2.75, 3.05) is 44.8 Å². The molecule has 56 heavy (non-hydrogen) atoms. The van der Waals surface area contributed by atoms with E-state index >= 15 is 0 Å². The van der Waals surface area contributed by atoms with Gasteiger partial charge in [0.2, 0.25) is 5.91 Å². The minimum atomic E-state index is -1.12. The van der Waals surface area contributed by atoms with E-state index in [4.69, 9.17) is 9.47 Å². The van der Waals surface area contributed by atoms with Crippen molar-refractivity contribution in [1.82, 2.24) is 10.2 Å². The number of nitrogens with zero attached hydrogens (tertiary/aromatic N) is 1. The second-order valence-electron chi connectivity index (χ2n) is 16.5. The molecule has 0 saturated carbocycles. The lowest BCUT2D eigenvalue weighted by Crippen LogP contribution is -2.33. The molecule has 0 aromatic heterocycles. The summed E-state index contributed by atoms with van der Waals surface area (Å²) >= 11 is 0. The van der Waals surface area contributed by atoms with Crippen LogP contribution in [0.25, 0.3) is 0 Å². The van der Waals surface area contributed by atoms with Crippen molar-refractivity contribution in [3.05, 3.63) is 0 Å². The Kier molecular flexibility index (Phi) is 42.0. The monoisotopic (exact) mass is 813 g/mol. The van der Waals surface area contributed by atoms with E-state index in [2.05, 4.69) is 31.0 Å². The number of carbonyl (C=O) groups is 3. The third-order valence-electron chi connectivity index (χ3n) is 10.8. The Balaban J connectivity index is 4.38. The summed E-state index contributed by atoms with van der Waals surface area (Å²) in [7, 11) is -1.12. The molecule has 0 aliphatic heterocycles. The average Bonchev–Trinajstić information content (AvgIpc) is 3.17. The first-order chi connectivity index (χ1) is 27.3. The molecule has 9 heteroatoms. The largest absolute Gasteiger partial charge is 0.466 e. The maximum absolute atomic E-state index is 12.8. The lowest BCUT2D eigenvalue weighted by molar-refractivity contribution is -0.150. The zero-order chi connectivity index (χ0) is 41.2. The quantitative estimate of drug-likeness (QED) is 0.0483. The third-order valence-corrected chi connectivity index (χ3v) is 11.5. The van der Waals surface area contributed by atoms with E-state index in [0.29, 0.717) is 26.0 Å². The van der Waals surface area contributed by atoms with Crippen molar-refractivity contribution in [3.63, 3.8) is 0 Å². The minimum absolute atomic E-state index is 0.00304. The molecule has 0 rings (SSSR count). The minimum Gasteiger partial charge on any atom is -0.466 e. The van der Waals surface area contributed by atoms with Gasteiger partial charge < -0.3 is 19.7 Å². The molecule has 0 radical (unpaired) electrons. The highest BCUT2D eigenvalue weighted by atomic mass is 32.2. The predicted molar refractivity (Wildman–Crippen MR) is 239 cm³/mol. The first-order valence-electron chi connectivity index (χ1n) is 24.0. The molecule has 0 aliphatic rings. The normalized spacial score (nSPS) is 12.5. The van der Waals surface area contributed by atoms with E-state index in [1.165, 1.54) is 96.3 Å². The summed E-state index contributed by atoms with van der Waals surface area (Å²) in [5, 5.41) is 2.91. The predicted octanol–water partition coefficient (Wildman–Crippen LogP) is 12.2. The van der Waals surface area contributed by atoms with Crippen molar-refractivity contribution in [2.45, 2.75) is 239 Å². The van der Waals surface area contributed by atoms with Crippen LogP contribution in [0.15, 0.2) is 0 Å². The highest BCUT2D eigenvalue weighted by Crippen LogP contribution is 2.18. The van der Waals surface area contributed by atoms with Gasteiger partial charge in [-0.1, -0.05) is 156 Å². The molecular weight excluding hydrogens is 721 g/mol. The smallest absolute Gasteiger partial charge is 0.306 e. The summed E-state index contributed by atoms with van der Waals surface area (Å²) in [6.07, 6.45) is 38.8. The molecule has 0 aromatic rings. The Morgan fingerprint density at radius 1 is 0.518 bits per heavy atom. The zero-order valence-electron chi connectivity index (χ0n) is 37.5. The van der Waals surface area contributed by atoms with Crippen molar-refractivity contribution in [3.8, 4) is 0 Å². The molecule has 0 bridgehead atoms. The summed E-state index contributed by atoms with van der Waals surface area (Å²) in [6.45, 7) is 10.9. The number of hydrogen-bond donors (Lipinski definition) is 1. The highest BCUT2D eigenvalue weighted by Gasteiger charge is 2.14. The average molecular weight is 813 g/mol. The first kappa shape index (κ1) is 54.5. The molecule has 2 unspecified atom stereocenters. The number of amides is 1. The van der Waals surface area contributed by atoms with Gasteiger partial charge in [-0.25, -0.2) is 0 Å². The summed E-state index contributed by atoms with van der Waals surface area (Å²) in [5.41, 5.74) is 0. The standard InChI is InChI=1S/C47H92N2O6S/c1-5-8-11-14-16-25-32-42-54-46(51)36-28-21-17-23-30-39-49(41-33-38-48-45(50)43-56(4)53)40-31-24-18-22-29-37-47(52)55-44(34-26-19-13-10-7-3)35-27-20-15-12-9-6-2/h44H,5-43H2,1-4H3,(H,48,50). The van der Waals surface area contributed by atoms with Gasteiger partial charge in [0.05, 0.1) is 6.61 Å². The third kappa shape index (κ3) is 40.7. The number of hydrogen-bond acceptors (Lipinski definition) is 7. The van der Waals surface area contributed by atoms with E-state index in [9.17, 15) is 18.6 Å². The van der Waals surface area contributed by atoms with Crippen molar-refractivity contribution in [1.29, 1.82) is 0 Å². The Morgan fingerprint density at radius 2 is 0.929 bits per heavy atom. The van der Waals surface area contributed by atoms with Gasteiger partial charge in [0.15, 0.2) is 0 Å². The van der Waals surface area contributed by atoms with Gasteiger partial charge in [-0.2, -0.15) is 0 Å². The Labute approximate surface area is 349 Å². The first-order valence-corrected chi connectivity index (χ1v) is 25.7. The summed E-state index contributed by atoms with van der Waals surface area (Å²) < 4.78 is 22.8. The summed E-state index contributed by atoms with van der Waals surface area (Å²) in [5.74, 6) is -0.122. The number of esters is 2. The maximum Gasteiger partial charge on any atom is 0.306 e. The van der Waals surface area contributed by atoms with Gasteiger partial charge in [-0.3, -0.25) is 18.6 Å². The van der Waals surface area contributed by atoms with Crippen LogP contribution in [0.1, 0.15) is 233 Å². The summed E-state index contributed by atoms with van der Waals surface area (Å²) in [6, 6.07) is 0. The number of rotatable bonds is 44. The molecule has 8 nitrogen and oxygen atoms in total. The summed E-state index contributed by atoms with van der Waals surface area (Å²) in [4.78, 5) is 39.3. The van der Waals surface area contributed by atoms with E-state index < -0.39 is 10.8 Å². The van der Waals surface area contributed by atoms with Crippen LogP contribution in [0, 0.1) is 0 Å². The van der Waals surface area contributed by atoms with Gasteiger partial charge in [0.1, 0.15) is 11.9 Å². The van der Waals surface area contributed by atoms with Gasteiger partial charge in [-0.15, -0.1) is 0 Å². The molecule has 0 fully saturated rings. The van der Waals surface area contributed by atoms with E-state index in [0.717, 1.165) is 122 Å². The maximum atomic E-state index is 12.8. The van der Waals surface area contributed by atoms with Crippen molar-refractivity contribution >= 4 is 28.6 Å². The lowest BCUT2D eigenvalue weighted by atomic mass is 10.0. The fourth-order valence-electron chi connectivity index (χ4n) is 7.32. The molecule has 0 aromatic carbocycles. The number of ether oxygens (including phenoxy) is 2. The van der Waals surface area contributed by atoms with Gasteiger partial charge in [-0.05, 0) is 83.8 Å². The van der Waals surface area contributed by atoms with Crippen LogP contribution in [0.2, 0.25) is 0 Å². The molecule has 332 valence electrons. The Morgan fingerprint density at radius 3 is 1.43 bits per heavy atom. The Bertz CT molecular complexity index is 919. The molecule has 0 heterocycles. The fraction of sp³-hybridized carbons (Fsp3) is 0.936. The molecule has 1 N–H and O–H groups in total. The molecule has 0 aliphatic carbocycles. The molecule has 0 saturated heterocycles. The topological polar surface area (TPSA) is 102 Å². The van der Waals surface area contributed by atoms with E-state index in [1.54, 1.807) is 6.26 Å². The Hall–Kier alpha value is -1.48.